The van der Waals surface area contributed by atoms with Crippen LogP contribution in [0.4, 0.5) is 14.5 Å². The normalized spacial score (nSPS) is 10.0. The van der Waals surface area contributed by atoms with E-state index in [9.17, 15) is 13.6 Å². The first-order valence-corrected chi connectivity index (χ1v) is 6.35. The zero-order valence-electron chi connectivity index (χ0n) is 11.6. The van der Waals surface area contributed by atoms with Gasteiger partial charge in [-0.3, -0.25) is 4.79 Å². The maximum atomic E-state index is 12.0. The number of alkyl halides is 2. The molecule has 0 aromatic heterocycles. The van der Waals surface area contributed by atoms with Crippen molar-refractivity contribution in [1.29, 1.82) is 0 Å². The van der Waals surface area contributed by atoms with E-state index in [1.54, 1.807) is 29.2 Å². The van der Waals surface area contributed by atoms with E-state index in [1.165, 1.54) is 12.1 Å². The Morgan fingerprint density at radius 3 is 2.29 bits per heavy atom. The standard InChI is InChI=1S/C15H18F2N2O2/c1-3-9-19(10-4-2)14(20)11-18-12-5-7-13(8-6-12)21-15(16)17/h3-8,15,18H,1-2,9-11H2. The Morgan fingerprint density at radius 1 is 1.24 bits per heavy atom. The zero-order chi connectivity index (χ0) is 15.7. The summed E-state index contributed by atoms with van der Waals surface area (Å²) in [6.07, 6.45) is 3.27. The lowest BCUT2D eigenvalue weighted by atomic mass is 10.3. The third-order valence-corrected chi connectivity index (χ3v) is 2.57. The fraction of sp³-hybridized carbons (Fsp3) is 0.267. The Balaban J connectivity index is 2.51. The smallest absolute Gasteiger partial charge is 0.387 e. The molecule has 0 atom stereocenters. The molecule has 0 aliphatic heterocycles. The molecule has 0 aliphatic rings. The van der Waals surface area contributed by atoms with Crippen molar-refractivity contribution in [3.63, 3.8) is 0 Å². The lowest BCUT2D eigenvalue weighted by Gasteiger charge is -2.19. The first-order valence-electron chi connectivity index (χ1n) is 6.35. The summed E-state index contributed by atoms with van der Waals surface area (Å²) in [5.74, 6) is -0.0375. The maximum Gasteiger partial charge on any atom is 0.387 e. The highest BCUT2D eigenvalue weighted by atomic mass is 19.3. The SMILES string of the molecule is C=CCN(CC=C)C(=O)CNc1ccc(OC(F)F)cc1. The van der Waals surface area contributed by atoms with Crippen LogP contribution in [0.2, 0.25) is 0 Å². The van der Waals surface area contributed by atoms with Crippen molar-refractivity contribution in [3.8, 4) is 5.75 Å². The largest absolute Gasteiger partial charge is 0.435 e. The van der Waals surface area contributed by atoms with Crippen LogP contribution >= 0.6 is 0 Å². The molecule has 0 heterocycles. The molecular weight excluding hydrogens is 278 g/mol. The average molecular weight is 296 g/mol. The summed E-state index contributed by atoms with van der Waals surface area (Å²) in [5.41, 5.74) is 0.641. The van der Waals surface area contributed by atoms with Gasteiger partial charge in [-0.1, -0.05) is 12.2 Å². The molecule has 4 nitrogen and oxygen atoms in total. The zero-order valence-corrected chi connectivity index (χ0v) is 11.6. The Kier molecular flexibility index (Phi) is 6.94. The van der Waals surface area contributed by atoms with Gasteiger partial charge in [0.25, 0.3) is 0 Å². The third-order valence-electron chi connectivity index (χ3n) is 2.57. The average Bonchev–Trinajstić information content (AvgIpc) is 2.45. The predicted octanol–water partition coefficient (Wildman–Crippen LogP) is 2.90. The lowest BCUT2D eigenvalue weighted by molar-refractivity contribution is -0.128. The molecule has 1 amide bonds. The summed E-state index contributed by atoms with van der Waals surface area (Å²) in [6, 6.07) is 5.95. The van der Waals surface area contributed by atoms with Gasteiger partial charge in [0.05, 0.1) is 6.54 Å². The summed E-state index contributed by atoms with van der Waals surface area (Å²) in [4.78, 5) is 13.5. The predicted molar refractivity (Wildman–Crippen MR) is 78.5 cm³/mol. The number of nitrogens with one attached hydrogen (secondary N) is 1. The minimum absolute atomic E-state index is 0.0711. The van der Waals surface area contributed by atoms with Crippen molar-refractivity contribution in [2.24, 2.45) is 0 Å². The van der Waals surface area contributed by atoms with Crippen molar-refractivity contribution < 1.29 is 18.3 Å². The van der Waals surface area contributed by atoms with Crippen LogP contribution in [0.5, 0.6) is 5.75 Å². The van der Waals surface area contributed by atoms with Crippen molar-refractivity contribution in [3.05, 3.63) is 49.6 Å². The Hall–Kier alpha value is -2.37. The highest BCUT2D eigenvalue weighted by molar-refractivity contribution is 5.81. The molecule has 1 N–H and O–H groups in total. The first kappa shape index (κ1) is 16.7. The number of amides is 1. The molecule has 0 fully saturated rings. The van der Waals surface area contributed by atoms with Crippen molar-refractivity contribution in [2.75, 3.05) is 25.0 Å². The van der Waals surface area contributed by atoms with Gasteiger partial charge in [0.2, 0.25) is 5.91 Å². The second kappa shape index (κ2) is 8.73. The van der Waals surface area contributed by atoms with Crippen LogP contribution in [-0.2, 0) is 4.79 Å². The quantitative estimate of drug-likeness (QED) is 0.712. The monoisotopic (exact) mass is 296 g/mol. The molecule has 0 saturated heterocycles. The van der Waals surface area contributed by atoms with E-state index in [0.29, 0.717) is 18.8 Å². The lowest BCUT2D eigenvalue weighted by Crippen LogP contribution is -2.35. The van der Waals surface area contributed by atoms with E-state index in [4.69, 9.17) is 0 Å². The second-order valence-electron chi connectivity index (χ2n) is 4.13. The van der Waals surface area contributed by atoms with Gasteiger partial charge < -0.3 is 15.0 Å². The number of halogens is 2. The van der Waals surface area contributed by atoms with E-state index < -0.39 is 6.61 Å². The number of ether oxygens (including phenoxy) is 1. The Morgan fingerprint density at radius 2 is 1.81 bits per heavy atom. The maximum absolute atomic E-state index is 12.0. The number of hydrogen-bond acceptors (Lipinski definition) is 3. The van der Waals surface area contributed by atoms with E-state index in [1.807, 2.05) is 0 Å². The third kappa shape index (κ3) is 6.07. The van der Waals surface area contributed by atoms with Gasteiger partial charge in [0.15, 0.2) is 0 Å². The first-order chi connectivity index (χ1) is 10.1. The number of rotatable bonds is 9. The highest BCUT2D eigenvalue weighted by Gasteiger charge is 2.10. The van der Waals surface area contributed by atoms with Crippen molar-refractivity contribution in [2.45, 2.75) is 6.61 Å². The molecule has 1 aromatic carbocycles. The van der Waals surface area contributed by atoms with Crippen molar-refractivity contribution in [1.82, 2.24) is 4.90 Å². The van der Waals surface area contributed by atoms with Gasteiger partial charge >= 0.3 is 6.61 Å². The number of carbonyl (C=O) groups excluding carboxylic acids is 1. The number of nitrogens with zero attached hydrogens (tertiary/aromatic N) is 1. The number of hydrogen-bond donors (Lipinski definition) is 1. The Bertz CT molecular complexity index is 465. The Labute approximate surface area is 122 Å². The minimum Gasteiger partial charge on any atom is -0.435 e. The fourth-order valence-electron chi connectivity index (χ4n) is 1.63. The number of anilines is 1. The molecule has 0 aliphatic carbocycles. The van der Waals surface area contributed by atoms with Gasteiger partial charge in [0, 0.05) is 18.8 Å². The van der Waals surface area contributed by atoms with Gasteiger partial charge in [-0.2, -0.15) is 8.78 Å². The fourth-order valence-corrected chi connectivity index (χ4v) is 1.63. The molecule has 0 bridgehead atoms. The topological polar surface area (TPSA) is 41.6 Å². The van der Waals surface area contributed by atoms with Crippen molar-refractivity contribution >= 4 is 11.6 Å². The number of benzene rings is 1. The molecule has 21 heavy (non-hydrogen) atoms. The summed E-state index contributed by atoms with van der Waals surface area (Å²) in [6.45, 7) is 5.31. The molecule has 0 saturated carbocycles. The van der Waals surface area contributed by atoms with Gasteiger partial charge in [-0.15, -0.1) is 13.2 Å². The van der Waals surface area contributed by atoms with E-state index in [0.717, 1.165) is 0 Å². The van der Waals surface area contributed by atoms with Gasteiger partial charge in [0.1, 0.15) is 5.75 Å². The second-order valence-corrected chi connectivity index (χ2v) is 4.13. The van der Waals surface area contributed by atoms with Crippen LogP contribution in [-0.4, -0.2) is 37.1 Å². The van der Waals surface area contributed by atoms with Crippen LogP contribution in [0.1, 0.15) is 0 Å². The van der Waals surface area contributed by atoms with Crippen LogP contribution in [0, 0.1) is 0 Å². The number of carbonyl (C=O) groups is 1. The van der Waals surface area contributed by atoms with Crippen LogP contribution in [0.3, 0.4) is 0 Å². The molecule has 6 heteroatoms. The van der Waals surface area contributed by atoms with E-state index in [2.05, 4.69) is 23.2 Å². The van der Waals surface area contributed by atoms with E-state index in [-0.39, 0.29) is 18.2 Å². The molecule has 0 radical (unpaired) electrons. The molecule has 1 aromatic rings. The van der Waals surface area contributed by atoms with Crippen LogP contribution in [0.25, 0.3) is 0 Å². The summed E-state index contributed by atoms with van der Waals surface area (Å²) in [5, 5.41) is 2.92. The summed E-state index contributed by atoms with van der Waals surface area (Å²) >= 11 is 0. The van der Waals surface area contributed by atoms with Crippen LogP contribution < -0.4 is 10.1 Å². The summed E-state index contributed by atoms with van der Waals surface area (Å²) < 4.78 is 28.2. The molecule has 1 rings (SSSR count). The van der Waals surface area contributed by atoms with Gasteiger partial charge in [-0.25, -0.2) is 0 Å². The summed E-state index contributed by atoms with van der Waals surface area (Å²) in [7, 11) is 0. The molecule has 0 unspecified atom stereocenters. The molecular formula is C15H18F2N2O2. The highest BCUT2D eigenvalue weighted by Crippen LogP contribution is 2.17. The van der Waals surface area contributed by atoms with Gasteiger partial charge in [-0.05, 0) is 24.3 Å². The van der Waals surface area contributed by atoms with Crippen LogP contribution in [0.15, 0.2) is 49.6 Å². The molecule has 0 spiro atoms. The minimum atomic E-state index is -2.85. The molecule has 114 valence electrons. The van der Waals surface area contributed by atoms with E-state index >= 15 is 0 Å².